The van der Waals surface area contributed by atoms with Gasteiger partial charge in [-0.1, -0.05) is 36.4 Å². The quantitative estimate of drug-likeness (QED) is 0.699. The molecule has 3 heterocycles. The van der Waals surface area contributed by atoms with Crippen molar-refractivity contribution in [3.63, 3.8) is 0 Å². The van der Waals surface area contributed by atoms with Crippen molar-refractivity contribution in [1.29, 1.82) is 0 Å². The van der Waals surface area contributed by atoms with Crippen LogP contribution in [0, 0.1) is 5.82 Å². The van der Waals surface area contributed by atoms with E-state index >= 15 is 4.39 Å². The van der Waals surface area contributed by atoms with Crippen molar-refractivity contribution in [2.24, 2.45) is 0 Å². The standard InChI is InChI=1S/C21H20FN5O/c22-19-20(17-6-2-1-3-7-17)24-15-25-21(19)27-11-9-26(10-12-27)18(28)13-16-5-4-8-23-14-16/h1-8,14-15H,9-13H2. The summed E-state index contributed by atoms with van der Waals surface area (Å²) < 4.78 is 15.0. The number of benzene rings is 1. The molecule has 0 bridgehead atoms. The summed E-state index contributed by atoms with van der Waals surface area (Å²) in [5.74, 6) is -0.0853. The average molecular weight is 377 g/mol. The molecule has 1 aliphatic rings. The maximum absolute atomic E-state index is 15.0. The number of piperazine rings is 1. The third kappa shape index (κ3) is 3.83. The minimum absolute atomic E-state index is 0.0563. The Hall–Kier alpha value is -3.35. The van der Waals surface area contributed by atoms with Crippen LogP contribution >= 0.6 is 0 Å². The Balaban J connectivity index is 1.43. The van der Waals surface area contributed by atoms with Gasteiger partial charge in [0.15, 0.2) is 11.6 Å². The van der Waals surface area contributed by atoms with E-state index in [1.165, 1.54) is 6.33 Å². The molecule has 3 aromatic rings. The molecule has 0 atom stereocenters. The fraction of sp³-hybridized carbons (Fsp3) is 0.238. The number of amides is 1. The van der Waals surface area contributed by atoms with Gasteiger partial charge in [-0.15, -0.1) is 0 Å². The molecule has 2 aromatic heterocycles. The monoisotopic (exact) mass is 377 g/mol. The summed E-state index contributed by atoms with van der Waals surface area (Å²) >= 11 is 0. The molecular formula is C21H20FN5O. The zero-order valence-corrected chi connectivity index (χ0v) is 15.3. The predicted octanol–water partition coefficient (Wildman–Crippen LogP) is 2.57. The third-order valence-corrected chi connectivity index (χ3v) is 4.83. The molecule has 7 heteroatoms. The topological polar surface area (TPSA) is 62.2 Å². The fourth-order valence-corrected chi connectivity index (χ4v) is 3.34. The van der Waals surface area contributed by atoms with E-state index in [0.717, 1.165) is 5.56 Å². The highest BCUT2D eigenvalue weighted by atomic mass is 19.1. The normalized spacial score (nSPS) is 14.2. The van der Waals surface area contributed by atoms with Crippen LogP contribution in [0.4, 0.5) is 10.2 Å². The smallest absolute Gasteiger partial charge is 0.227 e. The van der Waals surface area contributed by atoms with E-state index in [1.807, 2.05) is 47.4 Å². The summed E-state index contributed by atoms with van der Waals surface area (Å²) in [6.45, 7) is 2.12. The van der Waals surface area contributed by atoms with Crippen LogP contribution in [-0.4, -0.2) is 51.9 Å². The van der Waals surface area contributed by atoms with Gasteiger partial charge in [0.2, 0.25) is 5.91 Å². The van der Waals surface area contributed by atoms with Gasteiger partial charge >= 0.3 is 0 Å². The summed E-state index contributed by atoms with van der Waals surface area (Å²) in [6.07, 6.45) is 5.11. The second-order valence-corrected chi connectivity index (χ2v) is 6.63. The zero-order valence-electron chi connectivity index (χ0n) is 15.3. The molecule has 0 N–H and O–H groups in total. The van der Waals surface area contributed by atoms with Crippen LogP contribution in [0.15, 0.2) is 61.2 Å². The lowest BCUT2D eigenvalue weighted by Gasteiger charge is -2.35. The van der Waals surface area contributed by atoms with Crippen LogP contribution in [0.2, 0.25) is 0 Å². The van der Waals surface area contributed by atoms with Crippen LogP contribution in [-0.2, 0) is 11.2 Å². The Kier molecular flexibility index (Phi) is 5.23. The molecule has 142 valence electrons. The van der Waals surface area contributed by atoms with Gasteiger partial charge in [-0.3, -0.25) is 9.78 Å². The zero-order chi connectivity index (χ0) is 19.3. The Morgan fingerprint density at radius 3 is 2.50 bits per heavy atom. The number of nitrogens with zero attached hydrogens (tertiary/aromatic N) is 5. The van der Waals surface area contributed by atoms with E-state index in [2.05, 4.69) is 15.0 Å². The second-order valence-electron chi connectivity index (χ2n) is 6.63. The van der Waals surface area contributed by atoms with Gasteiger partial charge in [0.1, 0.15) is 12.0 Å². The molecule has 0 aliphatic carbocycles. The maximum atomic E-state index is 15.0. The number of aromatic nitrogens is 3. The van der Waals surface area contributed by atoms with Crippen molar-refractivity contribution in [2.45, 2.75) is 6.42 Å². The summed E-state index contributed by atoms with van der Waals surface area (Å²) in [4.78, 5) is 28.5. The Bertz CT molecular complexity index is 944. The van der Waals surface area contributed by atoms with Gasteiger partial charge in [-0.05, 0) is 11.6 Å². The van der Waals surface area contributed by atoms with Crippen molar-refractivity contribution in [1.82, 2.24) is 19.9 Å². The molecule has 0 unspecified atom stereocenters. The molecule has 6 nitrogen and oxygen atoms in total. The molecule has 1 saturated heterocycles. The van der Waals surface area contributed by atoms with Gasteiger partial charge in [0, 0.05) is 44.1 Å². The molecular weight excluding hydrogens is 357 g/mol. The van der Waals surface area contributed by atoms with Crippen molar-refractivity contribution in [3.8, 4) is 11.3 Å². The largest absolute Gasteiger partial charge is 0.351 e. The van der Waals surface area contributed by atoms with Crippen molar-refractivity contribution in [3.05, 3.63) is 72.6 Å². The Morgan fingerprint density at radius 1 is 1.00 bits per heavy atom. The molecule has 1 amide bonds. The summed E-state index contributed by atoms with van der Waals surface area (Å²) in [5.41, 5.74) is 1.90. The minimum atomic E-state index is -0.427. The molecule has 1 fully saturated rings. The highest BCUT2D eigenvalue weighted by Crippen LogP contribution is 2.26. The number of carbonyl (C=O) groups is 1. The van der Waals surface area contributed by atoms with E-state index in [-0.39, 0.29) is 11.7 Å². The van der Waals surface area contributed by atoms with Gasteiger partial charge in [0.05, 0.1) is 6.42 Å². The maximum Gasteiger partial charge on any atom is 0.227 e. The predicted molar refractivity (Wildman–Crippen MR) is 104 cm³/mol. The molecule has 0 radical (unpaired) electrons. The van der Waals surface area contributed by atoms with Crippen LogP contribution < -0.4 is 4.90 Å². The van der Waals surface area contributed by atoms with E-state index in [9.17, 15) is 4.79 Å². The lowest BCUT2D eigenvalue weighted by molar-refractivity contribution is -0.130. The van der Waals surface area contributed by atoms with Gasteiger partial charge in [-0.25, -0.2) is 14.4 Å². The molecule has 4 rings (SSSR count). The van der Waals surface area contributed by atoms with E-state index in [1.54, 1.807) is 17.3 Å². The molecule has 28 heavy (non-hydrogen) atoms. The molecule has 0 saturated carbocycles. The number of anilines is 1. The summed E-state index contributed by atoms with van der Waals surface area (Å²) in [6, 6.07) is 12.9. The number of carbonyl (C=O) groups excluding carboxylic acids is 1. The first-order valence-electron chi connectivity index (χ1n) is 9.20. The number of halogens is 1. The third-order valence-electron chi connectivity index (χ3n) is 4.83. The van der Waals surface area contributed by atoms with Crippen molar-refractivity contribution < 1.29 is 9.18 Å². The molecule has 1 aromatic carbocycles. The van der Waals surface area contributed by atoms with Crippen molar-refractivity contribution >= 4 is 11.7 Å². The summed E-state index contributed by atoms with van der Waals surface area (Å²) in [7, 11) is 0. The Labute approximate surface area is 162 Å². The summed E-state index contributed by atoms with van der Waals surface area (Å²) in [5, 5.41) is 0. The van der Waals surface area contributed by atoms with Gasteiger partial charge < -0.3 is 9.80 Å². The molecule has 0 spiro atoms. The minimum Gasteiger partial charge on any atom is -0.351 e. The highest BCUT2D eigenvalue weighted by Gasteiger charge is 2.25. The van der Waals surface area contributed by atoms with Crippen LogP contribution in [0.25, 0.3) is 11.3 Å². The van der Waals surface area contributed by atoms with E-state index in [4.69, 9.17) is 0 Å². The lowest BCUT2D eigenvalue weighted by atomic mass is 10.1. The van der Waals surface area contributed by atoms with Gasteiger partial charge in [0.25, 0.3) is 0 Å². The SMILES string of the molecule is O=C(Cc1cccnc1)N1CCN(c2ncnc(-c3ccccc3)c2F)CC1. The first kappa shape index (κ1) is 18.0. The van der Waals surface area contributed by atoms with Crippen molar-refractivity contribution in [2.75, 3.05) is 31.1 Å². The Morgan fingerprint density at radius 2 is 1.79 bits per heavy atom. The molecule has 1 aliphatic heterocycles. The fourth-order valence-electron chi connectivity index (χ4n) is 3.34. The lowest BCUT2D eigenvalue weighted by Crippen LogP contribution is -2.49. The first-order valence-corrected chi connectivity index (χ1v) is 9.20. The second kappa shape index (κ2) is 8.12. The highest BCUT2D eigenvalue weighted by molar-refractivity contribution is 5.79. The number of rotatable bonds is 4. The number of hydrogen-bond acceptors (Lipinski definition) is 5. The van der Waals surface area contributed by atoms with E-state index in [0.29, 0.717) is 43.9 Å². The van der Waals surface area contributed by atoms with Gasteiger partial charge in [-0.2, -0.15) is 0 Å². The van der Waals surface area contributed by atoms with Crippen LogP contribution in [0.1, 0.15) is 5.56 Å². The van der Waals surface area contributed by atoms with Crippen LogP contribution in [0.3, 0.4) is 0 Å². The number of pyridine rings is 1. The van der Waals surface area contributed by atoms with E-state index < -0.39 is 5.82 Å². The van der Waals surface area contributed by atoms with Crippen LogP contribution in [0.5, 0.6) is 0 Å². The average Bonchev–Trinajstić information content (AvgIpc) is 2.75. The number of hydrogen-bond donors (Lipinski definition) is 0. The first-order chi connectivity index (χ1) is 13.7.